The minimum Gasteiger partial charge on any atom is -0.393 e. The number of nitrogens with two attached hydrogens (primary N) is 1. The zero-order valence-corrected chi connectivity index (χ0v) is 9.08. The van der Waals surface area contributed by atoms with Gasteiger partial charge < -0.3 is 16.2 Å². The van der Waals surface area contributed by atoms with E-state index in [4.69, 9.17) is 10.8 Å². The van der Waals surface area contributed by atoms with Crippen LogP contribution in [0.5, 0.6) is 0 Å². The summed E-state index contributed by atoms with van der Waals surface area (Å²) in [5.41, 5.74) is 5.57. The maximum Gasteiger partial charge on any atom is 0.237 e. The zero-order chi connectivity index (χ0) is 10.9. The highest BCUT2D eigenvalue weighted by Crippen LogP contribution is 2.21. The van der Waals surface area contributed by atoms with Crippen LogP contribution in [0.15, 0.2) is 0 Å². The summed E-state index contributed by atoms with van der Waals surface area (Å²) in [6.45, 7) is 5.81. The second kappa shape index (κ2) is 3.87. The molecule has 0 saturated heterocycles. The Morgan fingerprint density at radius 3 is 2.36 bits per heavy atom. The lowest BCUT2D eigenvalue weighted by Crippen LogP contribution is -2.55. The van der Waals surface area contributed by atoms with E-state index in [0.29, 0.717) is 12.8 Å². The zero-order valence-electron chi connectivity index (χ0n) is 9.08. The summed E-state index contributed by atoms with van der Waals surface area (Å²) in [7, 11) is 0. The topological polar surface area (TPSA) is 75.4 Å². The van der Waals surface area contributed by atoms with E-state index in [1.165, 1.54) is 0 Å². The largest absolute Gasteiger partial charge is 0.393 e. The summed E-state index contributed by atoms with van der Waals surface area (Å²) in [5, 5.41) is 11.9. The minimum atomic E-state index is -0.486. The first-order valence-electron chi connectivity index (χ1n) is 5.04. The lowest BCUT2D eigenvalue weighted by atomic mass is 9.85. The Bertz CT molecular complexity index is 217. The van der Waals surface area contributed by atoms with Crippen LogP contribution in [0.1, 0.15) is 33.6 Å². The Kier molecular flexibility index (Phi) is 3.17. The fraction of sp³-hybridized carbons (Fsp3) is 0.900. The first-order chi connectivity index (χ1) is 6.30. The molecule has 4 N–H and O–H groups in total. The Morgan fingerprint density at radius 1 is 1.50 bits per heavy atom. The molecule has 0 aromatic rings. The van der Waals surface area contributed by atoms with Crippen LogP contribution in [0.2, 0.25) is 0 Å². The summed E-state index contributed by atoms with van der Waals surface area (Å²) in [5.74, 6) is -0.116. The number of carbonyl (C=O) groups is 1. The summed E-state index contributed by atoms with van der Waals surface area (Å²) >= 11 is 0. The molecule has 1 amide bonds. The van der Waals surface area contributed by atoms with E-state index in [-0.39, 0.29) is 23.5 Å². The van der Waals surface area contributed by atoms with Crippen LogP contribution in [0.4, 0.5) is 0 Å². The molecule has 14 heavy (non-hydrogen) atoms. The molecule has 0 radical (unpaired) electrons. The third-order valence-corrected chi connectivity index (χ3v) is 2.68. The molecule has 0 aliphatic heterocycles. The highest BCUT2D eigenvalue weighted by molar-refractivity contribution is 5.82. The fourth-order valence-corrected chi connectivity index (χ4v) is 1.39. The number of nitrogens with one attached hydrogen (secondary N) is 1. The van der Waals surface area contributed by atoms with Crippen LogP contribution in [0.25, 0.3) is 0 Å². The van der Waals surface area contributed by atoms with Crippen molar-refractivity contribution in [3.63, 3.8) is 0 Å². The van der Waals surface area contributed by atoms with E-state index in [2.05, 4.69) is 5.32 Å². The monoisotopic (exact) mass is 200 g/mol. The highest BCUT2D eigenvalue weighted by atomic mass is 16.3. The molecule has 0 heterocycles. The molecule has 0 unspecified atom stereocenters. The van der Waals surface area contributed by atoms with Crippen LogP contribution in [-0.4, -0.2) is 29.2 Å². The molecule has 0 aromatic carbocycles. The first-order valence-corrected chi connectivity index (χ1v) is 5.04. The van der Waals surface area contributed by atoms with Crippen molar-refractivity contribution in [1.29, 1.82) is 0 Å². The van der Waals surface area contributed by atoms with Gasteiger partial charge in [0, 0.05) is 6.04 Å². The van der Waals surface area contributed by atoms with Gasteiger partial charge >= 0.3 is 0 Å². The molecule has 0 bridgehead atoms. The lowest BCUT2D eigenvalue weighted by molar-refractivity contribution is -0.126. The number of aliphatic hydroxyl groups excluding tert-OH is 1. The number of rotatable bonds is 2. The Morgan fingerprint density at radius 2 is 2.00 bits per heavy atom. The standard InChI is InChI=1S/C10H20N2O2/c1-10(2,3)8(11)9(14)12-6-4-7(13)5-6/h6-8,13H,4-5,11H2,1-3H3,(H,12,14)/t6?,7?,8-/m0/s1. The van der Waals surface area contributed by atoms with Crippen molar-refractivity contribution in [2.24, 2.45) is 11.1 Å². The Labute approximate surface area is 84.9 Å². The Balaban J connectivity index is 2.35. The van der Waals surface area contributed by atoms with Crippen LogP contribution < -0.4 is 11.1 Å². The molecule has 1 fully saturated rings. The molecule has 4 nitrogen and oxygen atoms in total. The van der Waals surface area contributed by atoms with Crippen molar-refractivity contribution in [2.75, 3.05) is 0 Å². The predicted molar refractivity (Wildman–Crippen MR) is 54.6 cm³/mol. The van der Waals surface area contributed by atoms with Crippen molar-refractivity contribution in [2.45, 2.75) is 51.8 Å². The van der Waals surface area contributed by atoms with Crippen LogP contribution >= 0.6 is 0 Å². The second-order valence-electron chi connectivity index (χ2n) is 5.17. The molecule has 0 aromatic heterocycles. The SMILES string of the molecule is CC(C)(C)[C@@H](N)C(=O)NC1CC(O)C1. The van der Waals surface area contributed by atoms with Crippen LogP contribution in [0, 0.1) is 5.41 Å². The quantitative estimate of drug-likeness (QED) is 0.587. The minimum absolute atomic E-state index is 0.116. The van der Waals surface area contributed by atoms with Gasteiger partial charge in [-0.3, -0.25) is 4.79 Å². The number of hydrogen-bond donors (Lipinski definition) is 3. The van der Waals surface area contributed by atoms with Gasteiger partial charge in [0.25, 0.3) is 0 Å². The summed E-state index contributed by atoms with van der Waals surface area (Å²) in [6, 6.07) is -0.369. The van der Waals surface area contributed by atoms with Gasteiger partial charge in [-0.25, -0.2) is 0 Å². The third-order valence-electron chi connectivity index (χ3n) is 2.68. The van der Waals surface area contributed by atoms with E-state index in [9.17, 15) is 4.79 Å². The van der Waals surface area contributed by atoms with E-state index in [1.807, 2.05) is 20.8 Å². The molecular weight excluding hydrogens is 180 g/mol. The van der Waals surface area contributed by atoms with Crippen LogP contribution in [0.3, 0.4) is 0 Å². The van der Waals surface area contributed by atoms with Gasteiger partial charge in [0.15, 0.2) is 0 Å². The van der Waals surface area contributed by atoms with Crippen molar-refractivity contribution < 1.29 is 9.90 Å². The lowest BCUT2D eigenvalue weighted by Gasteiger charge is -2.34. The summed E-state index contributed by atoms with van der Waals surface area (Å²) in [4.78, 5) is 11.6. The van der Waals surface area contributed by atoms with Gasteiger partial charge in [-0.1, -0.05) is 20.8 Å². The molecule has 1 rings (SSSR count). The van der Waals surface area contributed by atoms with Crippen molar-refractivity contribution in [3.05, 3.63) is 0 Å². The predicted octanol–water partition coefficient (Wildman–Crippen LogP) is -0.000700. The molecule has 0 spiro atoms. The molecule has 1 saturated carbocycles. The average molecular weight is 200 g/mol. The smallest absolute Gasteiger partial charge is 0.237 e. The van der Waals surface area contributed by atoms with E-state index in [0.717, 1.165) is 0 Å². The van der Waals surface area contributed by atoms with Gasteiger partial charge in [-0.05, 0) is 18.3 Å². The highest BCUT2D eigenvalue weighted by Gasteiger charge is 2.33. The third kappa shape index (κ3) is 2.69. The van der Waals surface area contributed by atoms with E-state index in [1.54, 1.807) is 0 Å². The first kappa shape index (κ1) is 11.5. The second-order valence-corrected chi connectivity index (χ2v) is 5.17. The summed E-state index contributed by atoms with van der Waals surface area (Å²) in [6.07, 6.45) is 1.07. The molecule has 1 atom stereocenters. The van der Waals surface area contributed by atoms with Crippen LogP contribution in [-0.2, 0) is 4.79 Å². The maximum atomic E-state index is 11.6. The average Bonchev–Trinajstić information content (AvgIpc) is 1.98. The van der Waals surface area contributed by atoms with Crippen molar-refractivity contribution in [1.82, 2.24) is 5.32 Å². The number of aliphatic hydroxyl groups is 1. The van der Waals surface area contributed by atoms with Gasteiger partial charge in [-0.2, -0.15) is 0 Å². The molecule has 82 valence electrons. The fourth-order valence-electron chi connectivity index (χ4n) is 1.39. The summed E-state index contributed by atoms with van der Waals surface area (Å²) < 4.78 is 0. The number of amides is 1. The molecule has 4 heteroatoms. The Hall–Kier alpha value is -0.610. The molecule has 1 aliphatic carbocycles. The number of carbonyl (C=O) groups excluding carboxylic acids is 1. The number of hydrogen-bond acceptors (Lipinski definition) is 3. The van der Waals surface area contributed by atoms with Gasteiger partial charge in [0.1, 0.15) is 0 Å². The van der Waals surface area contributed by atoms with Gasteiger partial charge in [0.05, 0.1) is 12.1 Å². The van der Waals surface area contributed by atoms with E-state index < -0.39 is 6.04 Å². The molecular formula is C10H20N2O2. The van der Waals surface area contributed by atoms with E-state index >= 15 is 0 Å². The van der Waals surface area contributed by atoms with Crippen molar-refractivity contribution in [3.8, 4) is 0 Å². The molecule has 1 aliphatic rings. The normalized spacial score (nSPS) is 29.2. The van der Waals surface area contributed by atoms with Gasteiger partial charge in [-0.15, -0.1) is 0 Å². The van der Waals surface area contributed by atoms with Crippen molar-refractivity contribution >= 4 is 5.91 Å². The maximum absolute atomic E-state index is 11.6. The van der Waals surface area contributed by atoms with Gasteiger partial charge in [0.2, 0.25) is 5.91 Å².